The van der Waals surface area contributed by atoms with Gasteiger partial charge < -0.3 is 19.5 Å². The Balaban J connectivity index is 1.70. The molecule has 2 fully saturated rings. The first-order valence-electron chi connectivity index (χ1n) is 8.13. The van der Waals surface area contributed by atoms with Crippen LogP contribution in [0.25, 0.3) is 10.9 Å². The summed E-state index contributed by atoms with van der Waals surface area (Å²) in [6.45, 7) is 3.32. The summed E-state index contributed by atoms with van der Waals surface area (Å²) in [5, 5.41) is 11.0. The molecular formula is C18H22N2O3. The number of rotatable bonds is 3. The summed E-state index contributed by atoms with van der Waals surface area (Å²) in [5.74, 6) is 2.21. The number of hydrogen-bond acceptors (Lipinski definition) is 5. The molecule has 1 aromatic heterocycles. The monoisotopic (exact) mass is 314 g/mol. The van der Waals surface area contributed by atoms with Crippen molar-refractivity contribution in [3.05, 3.63) is 30.3 Å². The number of methoxy groups -OCH3 is 1. The standard InChI is InChI=1S/C18H22N2O3/c1-22-15-4-2-3-13-5-6-16(19-17(13)15)20-9-14-7-8-23-12-18(14,10-20)11-21/h2-6,14,21H,7-12H2,1H3/t14-,18+/m0/s1. The molecule has 0 aliphatic carbocycles. The highest BCUT2D eigenvalue weighted by atomic mass is 16.5. The zero-order chi connectivity index (χ0) is 15.9. The zero-order valence-corrected chi connectivity index (χ0v) is 13.4. The number of pyridine rings is 1. The summed E-state index contributed by atoms with van der Waals surface area (Å²) in [4.78, 5) is 7.11. The lowest BCUT2D eigenvalue weighted by Crippen LogP contribution is -2.43. The quantitative estimate of drug-likeness (QED) is 0.940. The van der Waals surface area contributed by atoms with Gasteiger partial charge in [-0.05, 0) is 30.5 Å². The van der Waals surface area contributed by atoms with E-state index in [4.69, 9.17) is 14.5 Å². The van der Waals surface area contributed by atoms with Crippen molar-refractivity contribution in [3.63, 3.8) is 0 Å². The molecule has 1 aromatic carbocycles. The Morgan fingerprint density at radius 3 is 3.09 bits per heavy atom. The van der Waals surface area contributed by atoms with Crippen LogP contribution in [0.4, 0.5) is 5.82 Å². The molecule has 122 valence electrons. The zero-order valence-electron chi connectivity index (χ0n) is 13.4. The van der Waals surface area contributed by atoms with E-state index in [2.05, 4.69) is 17.0 Å². The summed E-state index contributed by atoms with van der Waals surface area (Å²) >= 11 is 0. The van der Waals surface area contributed by atoms with Gasteiger partial charge in [-0.3, -0.25) is 0 Å². The largest absolute Gasteiger partial charge is 0.494 e. The van der Waals surface area contributed by atoms with Crippen LogP contribution in [-0.2, 0) is 4.74 Å². The van der Waals surface area contributed by atoms with Crippen molar-refractivity contribution in [3.8, 4) is 5.75 Å². The fourth-order valence-corrected chi connectivity index (χ4v) is 3.95. The fraction of sp³-hybridized carbons (Fsp3) is 0.500. The van der Waals surface area contributed by atoms with Crippen molar-refractivity contribution in [2.75, 3.05) is 44.9 Å². The lowest BCUT2D eigenvalue weighted by Gasteiger charge is -2.36. The minimum absolute atomic E-state index is 0.143. The maximum atomic E-state index is 9.92. The van der Waals surface area contributed by atoms with Crippen molar-refractivity contribution in [1.29, 1.82) is 0 Å². The fourth-order valence-electron chi connectivity index (χ4n) is 3.95. The molecule has 0 unspecified atom stereocenters. The Labute approximate surface area is 135 Å². The third-order valence-electron chi connectivity index (χ3n) is 5.34. The van der Waals surface area contributed by atoms with E-state index in [0.29, 0.717) is 12.5 Å². The Bertz CT molecular complexity index is 720. The SMILES string of the molecule is COc1cccc2ccc(N3C[C@@H]4CCOC[C@]4(CO)C3)nc12. The van der Waals surface area contributed by atoms with Gasteiger partial charge in [-0.1, -0.05) is 12.1 Å². The maximum absolute atomic E-state index is 9.92. The van der Waals surface area contributed by atoms with E-state index in [0.717, 1.165) is 48.6 Å². The van der Waals surface area contributed by atoms with Gasteiger partial charge in [0.05, 0.1) is 20.3 Å². The van der Waals surface area contributed by atoms with E-state index in [9.17, 15) is 5.11 Å². The number of hydrogen-bond donors (Lipinski definition) is 1. The molecule has 0 amide bonds. The van der Waals surface area contributed by atoms with E-state index in [1.807, 2.05) is 18.2 Å². The van der Waals surface area contributed by atoms with Crippen LogP contribution in [0.15, 0.2) is 30.3 Å². The molecular weight excluding hydrogens is 292 g/mol. The maximum Gasteiger partial charge on any atom is 0.145 e. The molecule has 2 atom stereocenters. The van der Waals surface area contributed by atoms with Crippen LogP contribution < -0.4 is 9.64 Å². The lowest BCUT2D eigenvalue weighted by atomic mass is 9.76. The molecule has 3 heterocycles. The van der Waals surface area contributed by atoms with E-state index in [1.54, 1.807) is 7.11 Å². The van der Waals surface area contributed by atoms with Gasteiger partial charge in [0.2, 0.25) is 0 Å². The van der Waals surface area contributed by atoms with Crippen LogP contribution in [0.3, 0.4) is 0 Å². The Kier molecular flexibility index (Phi) is 3.62. The molecule has 2 saturated heterocycles. The first-order chi connectivity index (χ1) is 11.3. The Hall–Kier alpha value is -1.85. The topological polar surface area (TPSA) is 54.8 Å². The number of para-hydroxylation sites is 1. The molecule has 0 bridgehead atoms. The van der Waals surface area contributed by atoms with Crippen LogP contribution in [0.2, 0.25) is 0 Å². The van der Waals surface area contributed by atoms with Crippen LogP contribution in [0.1, 0.15) is 6.42 Å². The average Bonchev–Trinajstić information content (AvgIpc) is 3.01. The van der Waals surface area contributed by atoms with E-state index >= 15 is 0 Å². The van der Waals surface area contributed by atoms with E-state index < -0.39 is 0 Å². The summed E-state index contributed by atoms with van der Waals surface area (Å²) < 4.78 is 11.1. The second kappa shape index (κ2) is 5.65. The summed E-state index contributed by atoms with van der Waals surface area (Å²) in [5.41, 5.74) is 0.743. The van der Waals surface area contributed by atoms with Crippen molar-refractivity contribution in [2.45, 2.75) is 6.42 Å². The minimum atomic E-state index is -0.143. The Morgan fingerprint density at radius 1 is 1.39 bits per heavy atom. The van der Waals surface area contributed by atoms with Gasteiger partial charge in [-0.15, -0.1) is 0 Å². The molecule has 0 radical (unpaired) electrons. The van der Waals surface area contributed by atoms with Gasteiger partial charge in [0, 0.05) is 30.5 Å². The number of aromatic nitrogens is 1. The summed E-state index contributed by atoms with van der Waals surface area (Å²) in [6.07, 6.45) is 1.01. The molecule has 5 nitrogen and oxygen atoms in total. The number of aliphatic hydroxyl groups is 1. The summed E-state index contributed by atoms with van der Waals surface area (Å²) in [7, 11) is 1.67. The third-order valence-corrected chi connectivity index (χ3v) is 5.34. The molecule has 23 heavy (non-hydrogen) atoms. The van der Waals surface area contributed by atoms with Crippen LogP contribution in [-0.4, -0.2) is 50.1 Å². The number of benzene rings is 1. The number of nitrogens with zero attached hydrogens (tertiary/aromatic N) is 2. The number of ether oxygens (including phenoxy) is 2. The lowest BCUT2D eigenvalue weighted by molar-refractivity contribution is -0.0543. The first-order valence-corrected chi connectivity index (χ1v) is 8.13. The second-order valence-corrected chi connectivity index (χ2v) is 6.64. The molecule has 0 spiro atoms. The highest BCUT2D eigenvalue weighted by Crippen LogP contribution is 2.42. The number of anilines is 1. The van der Waals surface area contributed by atoms with Crippen molar-refractivity contribution in [2.24, 2.45) is 11.3 Å². The smallest absolute Gasteiger partial charge is 0.145 e. The molecule has 5 heteroatoms. The second-order valence-electron chi connectivity index (χ2n) is 6.64. The number of fused-ring (bicyclic) bond motifs is 2. The van der Waals surface area contributed by atoms with Gasteiger partial charge in [0.1, 0.15) is 17.1 Å². The average molecular weight is 314 g/mol. The van der Waals surface area contributed by atoms with Gasteiger partial charge in [-0.25, -0.2) is 4.98 Å². The van der Waals surface area contributed by atoms with Gasteiger partial charge >= 0.3 is 0 Å². The van der Waals surface area contributed by atoms with Gasteiger partial charge in [0.15, 0.2) is 0 Å². The molecule has 0 saturated carbocycles. The molecule has 2 aromatic rings. The Morgan fingerprint density at radius 2 is 2.30 bits per heavy atom. The normalized spacial score (nSPS) is 27.2. The van der Waals surface area contributed by atoms with Crippen molar-refractivity contribution >= 4 is 16.7 Å². The molecule has 2 aliphatic rings. The van der Waals surface area contributed by atoms with Crippen LogP contribution in [0.5, 0.6) is 5.75 Å². The molecule has 1 N–H and O–H groups in total. The predicted molar refractivity (Wildman–Crippen MR) is 89.0 cm³/mol. The van der Waals surface area contributed by atoms with Crippen LogP contribution in [0, 0.1) is 11.3 Å². The molecule has 4 rings (SSSR count). The molecule has 2 aliphatic heterocycles. The van der Waals surface area contributed by atoms with E-state index in [-0.39, 0.29) is 12.0 Å². The predicted octanol–water partition coefficient (Wildman–Crippen LogP) is 2.08. The minimum Gasteiger partial charge on any atom is -0.494 e. The van der Waals surface area contributed by atoms with Gasteiger partial charge in [0.25, 0.3) is 0 Å². The summed E-state index contributed by atoms with van der Waals surface area (Å²) in [6, 6.07) is 10.1. The van der Waals surface area contributed by atoms with E-state index in [1.165, 1.54) is 0 Å². The highest BCUT2D eigenvalue weighted by molar-refractivity contribution is 5.86. The first kappa shape index (κ1) is 14.7. The number of aliphatic hydroxyl groups excluding tert-OH is 1. The van der Waals surface area contributed by atoms with Crippen molar-refractivity contribution < 1.29 is 14.6 Å². The highest BCUT2D eigenvalue weighted by Gasteiger charge is 2.48. The third kappa shape index (κ3) is 2.35. The van der Waals surface area contributed by atoms with Crippen LogP contribution >= 0.6 is 0 Å². The van der Waals surface area contributed by atoms with Crippen molar-refractivity contribution in [1.82, 2.24) is 4.98 Å². The van der Waals surface area contributed by atoms with Gasteiger partial charge in [-0.2, -0.15) is 0 Å².